The number of anilines is 1. The first kappa shape index (κ1) is 23.6. The maximum atomic E-state index is 13.7. The number of hydrogen-bond donors (Lipinski definition) is 0. The van der Waals surface area contributed by atoms with E-state index in [2.05, 4.69) is 18.7 Å². The van der Waals surface area contributed by atoms with Crippen LogP contribution in [0, 0.1) is 6.92 Å². The molecule has 0 spiro atoms. The summed E-state index contributed by atoms with van der Waals surface area (Å²) in [6.07, 6.45) is 6.94. The zero-order valence-electron chi connectivity index (χ0n) is 19.8. The molecule has 172 valence electrons. The minimum absolute atomic E-state index is 0.0554. The van der Waals surface area contributed by atoms with E-state index in [9.17, 15) is 9.59 Å². The van der Waals surface area contributed by atoms with Gasteiger partial charge in [0.1, 0.15) is 5.75 Å². The van der Waals surface area contributed by atoms with Crippen molar-refractivity contribution in [3.05, 3.63) is 23.3 Å². The van der Waals surface area contributed by atoms with E-state index in [1.807, 2.05) is 19.1 Å². The molecule has 0 bridgehead atoms. The van der Waals surface area contributed by atoms with E-state index in [0.29, 0.717) is 36.2 Å². The van der Waals surface area contributed by atoms with Gasteiger partial charge in [0, 0.05) is 37.9 Å². The van der Waals surface area contributed by atoms with Crippen molar-refractivity contribution in [1.82, 2.24) is 4.90 Å². The molecule has 1 aliphatic carbocycles. The second-order valence-electron chi connectivity index (χ2n) is 9.18. The highest BCUT2D eigenvalue weighted by Crippen LogP contribution is 2.38. The lowest BCUT2D eigenvalue weighted by atomic mass is 9.92. The summed E-state index contributed by atoms with van der Waals surface area (Å²) in [6.45, 7) is 9.19. The topological polar surface area (TPSA) is 59.1 Å². The molecule has 1 aliphatic heterocycles. The Balaban J connectivity index is 1.92. The van der Waals surface area contributed by atoms with Gasteiger partial charge in [-0.25, -0.2) is 0 Å². The maximum Gasteiger partial charge on any atom is 0.267 e. The van der Waals surface area contributed by atoms with Crippen LogP contribution in [0.25, 0.3) is 0 Å². The first-order valence-electron chi connectivity index (χ1n) is 11.8. The molecule has 6 heteroatoms. The van der Waals surface area contributed by atoms with Gasteiger partial charge in [-0.05, 0) is 71.1 Å². The Kier molecular flexibility index (Phi) is 7.98. The average molecular weight is 431 g/mol. The number of aryl methyl sites for hydroxylation is 1. The third-order valence-corrected chi connectivity index (χ3v) is 6.48. The number of benzene rings is 1. The number of nitrogens with zero attached hydrogens (tertiary/aromatic N) is 2. The summed E-state index contributed by atoms with van der Waals surface area (Å²) in [5, 5.41) is 0. The molecule has 1 fully saturated rings. The van der Waals surface area contributed by atoms with Crippen LogP contribution >= 0.6 is 0 Å². The molecule has 31 heavy (non-hydrogen) atoms. The van der Waals surface area contributed by atoms with Crippen LogP contribution < -0.4 is 9.64 Å². The van der Waals surface area contributed by atoms with E-state index in [-0.39, 0.29) is 17.9 Å². The van der Waals surface area contributed by atoms with Crippen molar-refractivity contribution < 1.29 is 19.1 Å². The molecular weight excluding hydrogens is 392 g/mol. The summed E-state index contributed by atoms with van der Waals surface area (Å²) in [6, 6.07) is 4.23. The fraction of sp³-hybridized carbons (Fsp3) is 0.680. The van der Waals surface area contributed by atoms with Gasteiger partial charge < -0.3 is 19.3 Å². The number of unbranched alkanes of at least 4 members (excludes halogenated alkanes) is 1. The Labute approximate surface area is 186 Å². The van der Waals surface area contributed by atoms with Gasteiger partial charge in [0.25, 0.3) is 11.8 Å². The minimum Gasteiger partial charge on any atom is -0.479 e. The van der Waals surface area contributed by atoms with E-state index >= 15 is 0 Å². The minimum atomic E-state index is -0.523. The van der Waals surface area contributed by atoms with Crippen LogP contribution in [-0.4, -0.2) is 55.2 Å². The van der Waals surface area contributed by atoms with E-state index < -0.39 is 6.10 Å². The SMILES string of the molecule is COCCCCN1C(=O)[C@@H](C)Oc2cc(C)c(C(=O)N(C(C)C)C3CCCCC3)cc21. The quantitative estimate of drug-likeness (QED) is 0.560. The molecule has 1 saturated carbocycles. The molecule has 0 N–H and O–H groups in total. The Morgan fingerprint density at radius 1 is 1.23 bits per heavy atom. The van der Waals surface area contributed by atoms with Gasteiger partial charge in [-0.3, -0.25) is 9.59 Å². The van der Waals surface area contributed by atoms with Crippen LogP contribution in [0.15, 0.2) is 12.1 Å². The molecule has 6 nitrogen and oxygen atoms in total. The molecule has 1 aromatic rings. The van der Waals surface area contributed by atoms with Crippen LogP contribution in [-0.2, 0) is 9.53 Å². The first-order chi connectivity index (χ1) is 14.8. The predicted octanol–water partition coefficient (Wildman–Crippen LogP) is 4.72. The summed E-state index contributed by atoms with van der Waals surface area (Å²) in [7, 11) is 1.69. The molecule has 1 atom stereocenters. The molecule has 0 saturated heterocycles. The number of hydrogen-bond acceptors (Lipinski definition) is 4. The van der Waals surface area contributed by atoms with Gasteiger partial charge in [-0.2, -0.15) is 0 Å². The van der Waals surface area contributed by atoms with Crippen molar-refractivity contribution in [3.8, 4) is 5.75 Å². The monoisotopic (exact) mass is 430 g/mol. The summed E-state index contributed by atoms with van der Waals surface area (Å²) in [5.41, 5.74) is 2.28. The molecule has 0 radical (unpaired) electrons. The fourth-order valence-electron chi connectivity index (χ4n) is 4.85. The van der Waals surface area contributed by atoms with Gasteiger partial charge in [-0.1, -0.05) is 19.3 Å². The van der Waals surface area contributed by atoms with Crippen LogP contribution in [0.1, 0.15) is 81.6 Å². The lowest BCUT2D eigenvalue weighted by Crippen LogP contribution is -2.47. The Morgan fingerprint density at radius 3 is 2.58 bits per heavy atom. The average Bonchev–Trinajstić information content (AvgIpc) is 2.74. The van der Waals surface area contributed by atoms with Crippen molar-refractivity contribution in [3.63, 3.8) is 0 Å². The lowest BCUT2D eigenvalue weighted by molar-refractivity contribution is -0.125. The van der Waals surface area contributed by atoms with Crippen LogP contribution in [0.5, 0.6) is 5.75 Å². The molecule has 0 aromatic heterocycles. The van der Waals surface area contributed by atoms with E-state index in [4.69, 9.17) is 9.47 Å². The molecule has 1 aromatic carbocycles. The zero-order valence-corrected chi connectivity index (χ0v) is 19.8. The van der Waals surface area contributed by atoms with Crippen molar-refractivity contribution in [2.45, 2.75) is 90.8 Å². The summed E-state index contributed by atoms with van der Waals surface area (Å²) < 4.78 is 11.0. The Bertz CT molecular complexity index is 786. The number of fused-ring (bicyclic) bond motifs is 1. The number of rotatable bonds is 8. The third kappa shape index (κ3) is 5.22. The highest BCUT2D eigenvalue weighted by Gasteiger charge is 2.34. The maximum absolute atomic E-state index is 13.7. The van der Waals surface area contributed by atoms with Gasteiger partial charge in [0.2, 0.25) is 0 Å². The van der Waals surface area contributed by atoms with Crippen molar-refractivity contribution in [2.75, 3.05) is 25.2 Å². The van der Waals surface area contributed by atoms with Crippen LogP contribution in [0.3, 0.4) is 0 Å². The van der Waals surface area contributed by atoms with Gasteiger partial charge in [-0.15, -0.1) is 0 Å². The Morgan fingerprint density at radius 2 is 1.94 bits per heavy atom. The molecule has 3 rings (SSSR count). The summed E-state index contributed by atoms with van der Waals surface area (Å²) in [5.74, 6) is 0.689. The predicted molar refractivity (Wildman–Crippen MR) is 123 cm³/mol. The highest BCUT2D eigenvalue weighted by molar-refractivity contribution is 6.03. The smallest absolute Gasteiger partial charge is 0.267 e. The number of amides is 2. The van der Waals surface area contributed by atoms with E-state index in [1.54, 1.807) is 18.9 Å². The van der Waals surface area contributed by atoms with Crippen molar-refractivity contribution in [1.29, 1.82) is 0 Å². The molecule has 0 unspecified atom stereocenters. The largest absolute Gasteiger partial charge is 0.479 e. The normalized spacial score (nSPS) is 19.4. The lowest BCUT2D eigenvalue weighted by Gasteiger charge is -2.38. The van der Waals surface area contributed by atoms with Gasteiger partial charge in [0.05, 0.1) is 5.69 Å². The number of ether oxygens (including phenoxy) is 2. The number of carbonyl (C=O) groups excluding carboxylic acids is 2. The summed E-state index contributed by atoms with van der Waals surface area (Å²) in [4.78, 5) is 30.4. The molecule has 1 heterocycles. The zero-order chi connectivity index (χ0) is 22.5. The van der Waals surface area contributed by atoms with Crippen LogP contribution in [0.4, 0.5) is 5.69 Å². The highest BCUT2D eigenvalue weighted by atomic mass is 16.5. The van der Waals surface area contributed by atoms with Crippen LogP contribution in [0.2, 0.25) is 0 Å². The third-order valence-electron chi connectivity index (χ3n) is 6.48. The number of carbonyl (C=O) groups is 2. The Hall–Kier alpha value is -2.08. The van der Waals surface area contributed by atoms with E-state index in [0.717, 1.165) is 31.2 Å². The molecule has 2 aliphatic rings. The summed E-state index contributed by atoms with van der Waals surface area (Å²) >= 11 is 0. The van der Waals surface area contributed by atoms with Gasteiger partial charge >= 0.3 is 0 Å². The first-order valence-corrected chi connectivity index (χ1v) is 11.8. The number of methoxy groups -OCH3 is 1. The fourth-order valence-corrected chi connectivity index (χ4v) is 4.85. The standard InChI is InChI=1S/C25H38N2O4/c1-17(2)27(20-11-7-6-8-12-20)25(29)21-16-22-23(15-18(21)3)31-19(4)24(28)26(22)13-9-10-14-30-5/h15-17,19-20H,6-14H2,1-5H3/t19-/m1/s1. The van der Waals surface area contributed by atoms with Crippen molar-refractivity contribution in [2.24, 2.45) is 0 Å². The van der Waals surface area contributed by atoms with E-state index in [1.165, 1.54) is 19.3 Å². The second kappa shape index (κ2) is 10.5. The van der Waals surface area contributed by atoms with Crippen molar-refractivity contribution >= 4 is 17.5 Å². The van der Waals surface area contributed by atoms with Gasteiger partial charge in [0.15, 0.2) is 6.10 Å². The second-order valence-corrected chi connectivity index (χ2v) is 9.18. The molecular formula is C25H38N2O4. The molecule has 2 amide bonds.